The molecule has 22 heavy (non-hydrogen) atoms. The number of rotatable bonds is 3. The minimum atomic E-state index is -0.00365. The van der Waals surface area contributed by atoms with Gasteiger partial charge in [0.25, 0.3) is 0 Å². The summed E-state index contributed by atoms with van der Waals surface area (Å²) >= 11 is 0. The predicted octanol–water partition coefficient (Wildman–Crippen LogP) is 2.42. The molecule has 0 aliphatic rings. The highest BCUT2D eigenvalue weighted by atomic mass is 16.1. The van der Waals surface area contributed by atoms with E-state index in [2.05, 4.69) is 15.5 Å². The van der Waals surface area contributed by atoms with E-state index < -0.39 is 0 Å². The largest absolute Gasteiger partial charge is 0.398 e. The van der Waals surface area contributed by atoms with Crippen LogP contribution in [0.1, 0.15) is 22.8 Å². The molecule has 3 rings (SSSR count). The molecular weight excluding hydrogens is 278 g/mol. The van der Waals surface area contributed by atoms with Crippen molar-refractivity contribution < 1.29 is 4.79 Å². The van der Waals surface area contributed by atoms with Crippen molar-refractivity contribution in [1.29, 1.82) is 0 Å². The Kier molecular flexibility index (Phi) is 3.42. The van der Waals surface area contributed by atoms with Crippen molar-refractivity contribution >= 4 is 11.5 Å². The number of nitrogens with two attached hydrogens (primary N) is 1. The molecule has 1 aromatic heterocycles. The Morgan fingerprint density at radius 2 is 2.00 bits per heavy atom. The third-order valence-electron chi connectivity index (χ3n) is 3.50. The molecule has 0 fully saturated rings. The number of carbonyl (C=O) groups excluding carboxylic acids is 1. The van der Waals surface area contributed by atoms with E-state index in [-0.39, 0.29) is 5.78 Å². The van der Waals surface area contributed by atoms with Gasteiger partial charge in [0.05, 0.1) is 5.69 Å². The molecule has 0 saturated heterocycles. The summed E-state index contributed by atoms with van der Waals surface area (Å²) in [5.41, 5.74) is 9.81. The van der Waals surface area contributed by atoms with E-state index in [1.807, 2.05) is 31.2 Å². The highest BCUT2D eigenvalue weighted by Gasteiger charge is 2.12. The molecule has 0 amide bonds. The fourth-order valence-corrected chi connectivity index (χ4v) is 2.18. The number of tetrazole rings is 1. The molecule has 0 saturated carbocycles. The van der Waals surface area contributed by atoms with E-state index in [4.69, 9.17) is 5.73 Å². The Hall–Kier alpha value is -3.02. The number of anilines is 1. The van der Waals surface area contributed by atoms with Crippen molar-refractivity contribution in [2.45, 2.75) is 13.8 Å². The van der Waals surface area contributed by atoms with Crippen LogP contribution in [0.4, 0.5) is 5.69 Å². The Morgan fingerprint density at radius 1 is 1.18 bits per heavy atom. The Balaban J connectivity index is 2.11. The summed E-state index contributed by atoms with van der Waals surface area (Å²) in [5.74, 6) is 0.573. The second-order valence-electron chi connectivity index (χ2n) is 5.09. The summed E-state index contributed by atoms with van der Waals surface area (Å²) in [5, 5.41) is 11.8. The fourth-order valence-electron chi connectivity index (χ4n) is 2.18. The number of hydrogen-bond acceptors (Lipinski definition) is 5. The number of Topliss-reactive ketones (excluding diaryl/α,β-unsaturated/α-hetero) is 1. The molecule has 6 nitrogen and oxygen atoms in total. The van der Waals surface area contributed by atoms with Crippen LogP contribution in [-0.2, 0) is 0 Å². The van der Waals surface area contributed by atoms with Crippen LogP contribution >= 0.6 is 0 Å². The number of nitrogen functional groups attached to an aromatic ring is 1. The van der Waals surface area contributed by atoms with Crippen LogP contribution < -0.4 is 5.73 Å². The number of benzene rings is 2. The molecule has 1 heterocycles. The van der Waals surface area contributed by atoms with Gasteiger partial charge in [-0.05, 0) is 48.0 Å². The average Bonchev–Trinajstić information content (AvgIpc) is 2.99. The summed E-state index contributed by atoms with van der Waals surface area (Å²) in [6.45, 7) is 3.47. The highest BCUT2D eigenvalue weighted by Crippen LogP contribution is 2.23. The van der Waals surface area contributed by atoms with E-state index in [1.165, 1.54) is 6.92 Å². The summed E-state index contributed by atoms with van der Waals surface area (Å²) in [4.78, 5) is 11.5. The van der Waals surface area contributed by atoms with E-state index in [0.29, 0.717) is 17.1 Å². The first-order chi connectivity index (χ1) is 10.6. The zero-order valence-corrected chi connectivity index (χ0v) is 12.3. The van der Waals surface area contributed by atoms with Crippen LogP contribution in [0.3, 0.4) is 0 Å². The van der Waals surface area contributed by atoms with Gasteiger partial charge in [-0.1, -0.05) is 24.3 Å². The van der Waals surface area contributed by atoms with Crippen LogP contribution in [0.5, 0.6) is 0 Å². The maximum atomic E-state index is 11.5. The minimum Gasteiger partial charge on any atom is -0.398 e. The molecule has 0 spiro atoms. The molecule has 3 aromatic rings. The Bertz CT molecular complexity index is 853. The van der Waals surface area contributed by atoms with Crippen LogP contribution in [0.2, 0.25) is 0 Å². The van der Waals surface area contributed by atoms with Crippen LogP contribution in [0, 0.1) is 6.92 Å². The lowest BCUT2D eigenvalue weighted by Crippen LogP contribution is -2.02. The van der Waals surface area contributed by atoms with Crippen LogP contribution in [0.25, 0.3) is 17.1 Å². The number of nitrogens with zero attached hydrogens (tertiary/aromatic N) is 4. The smallest absolute Gasteiger partial charge is 0.187 e. The molecular formula is C16H15N5O. The lowest BCUT2D eigenvalue weighted by molar-refractivity contribution is 0.101. The third-order valence-corrected chi connectivity index (χ3v) is 3.50. The van der Waals surface area contributed by atoms with Gasteiger partial charge in [0.2, 0.25) is 0 Å². The van der Waals surface area contributed by atoms with Gasteiger partial charge in [-0.2, -0.15) is 4.68 Å². The number of aromatic nitrogens is 4. The maximum absolute atomic E-state index is 11.5. The first-order valence-corrected chi connectivity index (χ1v) is 6.82. The molecule has 110 valence electrons. The average molecular weight is 293 g/mol. The molecule has 0 aliphatic carbocycles. The molecule has 0 radical (unpaired) electrons. The van der Waals surface area contributed by atoms with E-state index in [0.717, 1.165) is 16.8 Å². The van der Waals surface area contributed by atoms with Gasteiger partial charge in [0.1, 0.15) is 0 Å². The van der Waals surface area contributed by atoms with Gasteiger partial charge in [0, 0.05) is 16.8 Å². The minimum absolute atomic E-state index is 0.00365. The van der Waals surface area contributed by atoms with Crippen molar-refractivity contribution in [1.82, 2.24) is 20.2 Å². The molecule has 0 unspecified atom stereocenters. The van der Waals surface area contributed by atoms with Crippen LogP contribution in [0.15, 0.2) is 42.5 Å². The molecule has 2 N–H and O–H groups in total. The number of carbonyl (C=O) groups is 1. The van der Waals surface area contributed by atoms with Gasteiger partial charge >= 0.3 is 0 Å². The van der Waals surface area contributed by atoms with Crippen molar-refractivity contribution in [3.8, 4) is 17.1 Å². The standard InChI is InChI=1S/C16H15N5O/c1-10-6-7-13(9-15(10)17)16-18-19-20-21(16)14-5-3-4-12(8-14)11(2)22/h3-9H,17H2,1-2H3. The Labute approximate surface area is 127 Å². The predicted molar refractivity (Wildman–Crippen MR) is 83.7 cm³/mol. The molecule has 0 bridgehead atoms. The van der Waals surface area contributed by atoms with Gasteiger partial charge in [-0.15, -0.1) is 5.10 Å². The SMILES string of the molecule is CC(=O)c1cccc(-n2nnnc2-c2ccc(C)c(N)c2)c1. The summed E-state index contributed by atoms with van der Waals surface area (Å²) in [7, 11) is 0. The van der Waals surface area contributed by atoms with Gasteiger partial charge in [0.15, 0.2) is 11.6 Å². The van der Waals surface area contributed by atoms with Crippen molar-refractivity contribution in [2.24, 2.45) is 0 Å². The number of hydrogen-bond donors (Lipinski definition) is 1. The zero-order chi connectivity index (χ0) is 15.7. The van der Waals surface area contributed by atoms with Crippen molar-refractivity contribution in [3.63, 3.8) is 0 Å². The van der Waals surface area contributed by atoms with Crippen LogP contribution in [-0.4, -0.2) is 26.0 Å². The molecule has 6 heteroatoms. The fraction of sp³-hybridized carbons (Fsp3) is 0.125. The first kappa shape index (κ1) is 13.9. The second-order valence-corrected chi connectivity index (χ2v) is 5.09. The zero-order valence-electron chi connectivity index (χ0n) is 12.3. The number of ketones is 1. The van der Waals surface area contributed by atoms with Gasteiger partial charge < -0.3 is 5.73 Å². The summed E-state index contributed by atoms with van der Waals surface area (Å²) in [6, 6.07) is 12.9. The highest BCUT2D eigenvalue weighted by molar-refractivity contribution is 5.94. The lowest BCUT2D eigenvalue weighted by atomic mass is 10.1. The maximum Gasteiger partial charge on any atom is 0.187 e. The monoisotopic (exact) mass is 293 g/mol. The second kappa shape index (κ2) is 5.40. The molecule has 0 aliphatic heterocycles. The van der Waals surface area contributed by atoms with E-state index in [1.54, 1.807) is 22.9 Å². The molecule has 0 atom stereocenters. The first-order valence-electron chi connectivity index (χ1n) is 6.82. The van der Waals surface area contributed by atoms with Crippen molar-refractivity contribution in [3.05, 3.63) is 53.6 Å². The van der Waals surface area contributed by atoms with Crippen molar-refractivity contribution in [2.75, 3.05) is 5.73 Å². The van der Waals surface area contributed by atoms with E-state index in [9.17, 15) is 4.79 Å². The molecule has 2 aromatic carbocycles. The summed E-state index contributed by atoms with van der Waals surface area (Å²) in [6.07, 6.45) is 0. The lowest BCUT2D eigenvalue weighted by Gasteiger charge is -2.07. The third kappa shape index (κ3) is 2.46. The number of aryl methyl sites for hydroxylation is 1. The Morgan fingerprint density at radius 3 is 2.73 bits per heavy atom. The van der Waals surface area contributed by atoms with E-state index >= 15 is 0 Å². The summed E-state index contributed by atoms with van der Waals surface area (Å²) < 4.78 is 1.59. The topological polar surface area (TPSA) is 86.7 Å². The quantitative estimate of drug-likeness (QED) is 0.592. The normalized spacial score (nSPS) is 10.6. The van der Waals surface area contributed by atoms with Gasteiger partial charge in [-0.25, -0.2) is 0 Å². The van der Waals surface area contributed by atoms with Gasteiger partial charge in [-0.3, -0.25) is 4.79 Å².